The third kappa shape index (κ3) is 12.0. The largest absolute Gasteiger partial charge is 0.489 e. The Hall–Kier alpha value is -4.10. The fourth-order valence-corrected chi connectivity index (χ4v) is 5.70. The van der Waals surface area contributed by atoms with Crippen molar-refractivity contribution in [2.24, 2.45) is 0 Å². The number of ether oxygens (including phenoxy) is 2. The molecule has 0 aliphatic rings. The average molecular weight is 877 g/mol. The molecule has 0 atom stereocenters. The number of halogens is 4. The number of nitrogens with one attached hydrogen (secondary N) is 1. The standard InChI is InChI=1S/C20H22BrClN2O3.C18H16BrClN2O3/c1-13(2)27-19-9-6-15(10-17(19)22)18(25)12-24(20(26)23-3)11-14-4-7-16(21)8-5-14;1-11(2)24-16-8-5-13(9-15(16)20)17-21-22(18(23)25-17)10-12-3-6-14(19)7-4-12/h4-10,13H,11-12H2,1-3H3,(H,23,26);3-9,11H,10H2,1-2H3. The summed E-state index contributed by atoms with van der Waals surface area (Å²) in [5.74, 6) is 0.615. The summed E-state index contributed by atoms with van der Waals surface area (Å²) in [7, 11) is 1.54. The molecule has 1 aromatic heterocycles. The van der Waals surface area contributed by atoms with Crippen molar-refractivity contribution in [3.63, 3.8) is 0 Å². The third-order valence-electron chi connectivity index (χ3n) is 7.13. The van der Waals surface area contributed by atoms with Gasteiger partial charge in [-0.05, 0) is 99.5 Å². The summed E-state index contributed by atoms with van der Waals surface area (Å²) in [6.45, 7) is 8.24. The number of hydrogen-bond acceptors (Lipinski definition) is 7. The Morgan fingerprint density at radius 3 is 1.88 bits per heavy atom. The van der Waals surface area contributed by atoms with E-state index in [0.29, 0.717) is 45.8 Å². The van der Waals surface area contributed by atoms with Crippen molar-refractivity contribution in [2.45, 2.75) is 53.0 Å². The van der Waals surface area contributed by atoms with Crippen molar-refractivity contribution in [1.82, 2.24) is 20.0 Å². The Labute approximate surface area is 329 Å². The second kappa shape index (κ2) is 19.1. The smallest absolute Gasteiger partial charge is 0.437 e. The maximum absolute atomic E-state index is 12.7. The number of rotatable bonds is 12. The van der Waals surface area contributed by atoms with Crippen molar-refractivity contribution in [3.8, 4) is 23.0 Å². The zero-order valence-corrected chi connectivity index (χ0v) is 33.8. The van der Waals surface area contributed by atoms with Gasteiger partial charge in [0.25, 0.3) is 0 Å². The Morgan fingerprint density at radius 1 is 0.827 bits per heavy atom. The van der Waals surface area contributed by atoms with E-state index in [0.717, 1.165) is 20.1 Å². The van der Waals surface area contributed by atoms with Crippen LogP contribution in [0.15, 0.2) is 103 Å². The van der Waals surface area contributed by atoms with E-state index in [2.05, 4.69) is 42.3 Å². The number of nitrogens with zero attached hydrogens (tertiary/aromatic N) is 3. The number of Topliss-reactive ketones (excluding diaryl/α,β-unsaturated/α-hetero) is 1. The SMILES string of the molecule is CC(C)Oc1ccc(-c2nn(Cc3ccc(Br)cc3)c(=O)o2)cc1Cl.CNC(=O)N(CC(=O)c1ccc(OC(C)C)c(Cl)c1)Cc1ccc(Br)cc1. The molecule has 0 aliphatic carbocycles. The minimum atomic E-state index is -0.517. The Balaban J connectivity index is 0.000000233. The van der Waals surface area contributed by atoms with Crippen LogP contribution >= 0.6 is 55.1 Å². The molecule has 5 aromatic rings. The van der Waals surface area contributed by atoms with Crippen LogP contribution < -0.4 is 20.5 Å². The van der Waals surface area contributed by atoms with Gasteiger partial charge in [-0.25, -0.2) is 9.59 Å². The Morgan fingerprint density at radius 2 is 1.37 bits per heavy atom. The first kappa shape index (κ1) is 40.7. The van der Waals surface area contributed by atoms with Gasteiger partial charge in [0.1, 0.15) is 11.5 Å². The molecule has 52 heavy (non-hydrogen) atoms. The fourth-order valence-electron chi connectivity index (χ4n) is 4.73. The molecule has 0 fully saturated rings. The van der Waals surface area contributed by atoms with Gasteiger partial charge in [-0.15, -0.1) is 5.10 Å². The highest BCUT2D eigenvalue weighted by atomic mass is 79.9. The number of ketones is 1. The summed E-state index contributed by atoms with van der Waals surface area (Å²) in [4.78, 5) is 38.4. The molecule has 0 unspecified atom stereocenters. The zero-order chi connectivity index (χ0) is 37.9. The normalized spacial score (nSPS) is 10.8. The summed E-state index contributed by atoms with van der Waals surface area (Å²) in [5.41, 5.74) is 2.92. The highest BCUT2D eigenvalue weighted by Crippen LogP contribution is 2.30. The van der Waals surface area contributed by atoms with Crippen LogP contribution in [0, 0.1) is 0 Å². The van der Waals surface area contributed by atoms with E-state index >= 15 is 0 Å². The van der Waals surface area contributed by atoms with Gasteiger partial charge >= 0.3 is 11.8 Å². The Bertz CT molecular complexity index is 2030. The second-order valence-corrected chi connectivity index (χ2v) is 14.7. The molecular weight excluding hydrogens is 839 g/mol. The lowest BCUT2D eigenvalue weighted by Gasteiger charge is -2.22. The van der Waals surface area contributed by atoms with Gasteiger partial charge in [0.15, 0.2) is 5.78 Å². The van der Waals surface area contributed by atoms with Gasteiger partial charge < -0.3 is 24.1 Å². The van der Waals surface area contributed by atoms with E-state index in [1.807, 2.05) is 76.2 Å². The van der Waals surface area contributed by atoms with E-state index in [9.17, 15) is 14.4 Å². The van der Waals surface area contributed by atoms with Crippen molar-refractivity contribution in [2.75, 3.05) is 13.6 Å². The third-order valence-corrected chi connectivity index (χ3v) is 8.78. The first-order valence-corrected chi connectivity index (χ1v) is 18.6. The lowest BCUT2D eigenvalue weighted by molar-refractivity contribution is 0.0940. The van der Waals surface area contributed by atoms with Gasteiger partial charge in [0.2, 0.25) is 5.89 Å². The van der Waals surface area contributed by atoms with Gasteiger partial charge in [-0.1, -0.05) is 79.3 Å². The minimum Gasteiger partial charge on any atom is -0.489 e. The highest BCUT2D eigenvalue weighted by molar-refractivity contribution is 9.10. The maximum Gasteiger partial charge on any atom is 0.437 e. The second-order valence-electron chi connectivity index (χ2n) is 12.0. The van der Waals surface area contributed by atoms with Gasteiger partial charge in [-0.3, -0.25) is 4.79 Å². The summed E-state index contributed by atoms with van der Waals surface area (Å²) < 4.78 is 19.7. The van der Waals surface area contributed by atoms with Crippen LogP contribution in [0.1, 0.15) is 49.2 Å². The van der Waals surface area contributed by atoms with Crippen LogP contribution in [0.4, 0.5) is 4.79 Å². The molecule has 0 saturated heterocycles. The topological polar surface area (TPSA) is 116 Å². The zero-order valence-electron chi connectivity index (χ0n) is 29.2. The molecule has 274 valence electrons. The molecule has 14 heteroatoms. The lowest BCUT2D eigenvalue weighted by atomic mass is 10.1. The molecule has 5 rings (SSSR count). The minimum absolute atomic E-state index is 0.0151. The van der Waals surface area contributed by atoms with Crippen LogP contribution in [0.25, 0.3) is 11.5 Å². The van der Waals surface area contributed by atoms with E-state index < -0.39 is 5.76 Å². The molecule has 4 aromatic carbocycles. The van der Waals surface area contributed by atoms with Crippen LogP contribution in [0.3, 0.4) is 0 Å². The molecule has 2 amide bonds. The fraction of sp³-hybridized carbons (Fsp3) is 0.263. The van der Waals surface area contributed by atoms with E-state index in [4.69, 9.17) is 37.1 Å². The van der Waals surface area contributed by atoms with Crippen molar-refractivity contribution in [1.29, 1.82) is 0 Å². The number of carbonyl (C=O) groups is 2. The molecule has 0 spiro atoms. The predicted molar refractivity (Wildman–Crippen MR) is 211 cm³/mol. The van der Waals surface area contributed by atoms with Gasteiger partial charge in [0, 0.05) is 33.7 Å². The lowest BCUT2D eigenvalue weighted by Crippen LogP contribution is -2.40. The van der Waals surface area contributed by atoms with Crippen LogP contribution in [0.5, 0.6) is 11.5 Å². The molecular formula is C38H38Br2Cl2N4O6. The van der Waals surface area contributed by atoms with Gasteiger partial charge in [0.05, 0.1) is 35.3 Å². The molecule has 0 saturated carbocycles. The first-order chi connectivity index (χ1) is 24.7. The summed E-state index contributed by atoms with van der Waals surface area (Å²) in [6.07, 6.45) is 0.00472. The van der Waals surface area contributed by atoms with E-state index in [-0.39, 0.29) is 36.5 Å². The summed E-state index contributed by atoms with van der Waals surface area (Å²) in [5, 5.41) is 7.64. The molecule has 0 radical (unpaired) electrons. The summed E-state index contributed by atoms with van der Waals surface area (Å²) in [6, 6.07) is 25.0. The monoisotopic (exact) mass is 874 g/mol. The van der Waals surface area contributed by atoms with Crippen LogP contribution in [0.2, 0.25) is 10.0 Å². The van der Waals surface area contributed by atoms with Crippen LogP contribution in [-0.2, 0) is 13.1 Å². The maximum atomic E-state index is 12.7. The van der Waals surface area contributed by atoms with E-state index in [1.54, 1.807) is 36.4 Å². The van der Waals surface area contributed by atoms with Crippen LogP contribution in [-0.4, -0.2) is 52.3 Å². The van der Waals surface area contributed by atoms with Gasteiger partial charge in [-0.2, -0.15) is 4.68 Å². The quantitative estimate of drug-likeness (QED) is 0.124. The van der Waals surface area contributed by atoms with Crippen molar-refractivity contribution < 1.29 is 23.5 Å². The first-order valence-electron chi connectivity index (χ1n) is 16.2. The summed E-state index contributed by atoms with van der Waals surface area (Å²) >= 11 is 19.2. The molecule has 1 heterocycles. The molecule has 1 N–H and O–H groups in total. The number of benzene rings is 4. The number of urea groups is 1. The molecule has 0 aliphatic heterocycles. The number of amides is 2. The number of aromatic nitrogens is 2. The van der Waals surface area contributed by atoms with Crippen molar-refractivity contribution >= 4 is 66.9 Å². The molecule has 0 bridgehead atoms. The average Bonchev–Trinajstić information content (AvgIpc) is 3.47. The molecule has 10 nitrogen and oxygen atoms in total. The predicted octanol–water partition coefficient (Wildman–Crippen LogP) is 9.67. The Kier molecular flexibility index (Phi) is 14.9. The van der Waals surface area contributed by atoms with Crippen molar-refractivity contribution in [3.05, 3.63) is 131 Å². The van der Waals surface area contributed by atoms with E-state index in [1.165, 1.54) is 16.6 Å². The number of hydrogen-bond donors (Lipinski definition) is 1. The highest BCUT2D eigenvalue weighted by Gasteiger charge is 2.19. The number of carbonyl (C=O) groups excluding carboxylic acids is 2.